The van der Waals surface area contributed by atoms with Gasteiger partial charge in [-0.05, 0) is 30.3 Å². The number of para-hydroxylation sites is 1. The minimum atomic E-state index is -0.366. The van der Waals surface area contributed by atoms with Crippen LogP contribution in [-0.2, 0) is 0 Å². The van der Waals surface area contributed by atoms with Crippen LogP contribution in [0.3, 0.4) is 0 Å². The monoisotopic (exact) mass is 261 g/mol. The number of H-pyrrole nitrogens is 1. The highest BCUT2D eigenvalue weighted by atomic mass is 35.5. The van der Waals surface area contributed by atoms with E-state index in [0.29, 0.717) is 33.1 Å². The number of hydrogen-bond acceptors (Lipinski definition) is 2. The van der Waals surface area contributed by atoms with Gasteiger partial charge in [0.05, 0.1) is 10.5 Å². The Labute approximate surface area is 107 Å². The third-order valence-electron chi connectivity index (χ3n) is 2.71. The molecule has 0 atom stereocenters. The second-order valence-corrected chi connectivity index (χ2v) is 4.37. The molecular weight excluding hydrogens is 253 g/mol. The Morgan fingerprint density at radius 1 is 1.22 bits per heavy atom. The lowest BCUT2D eigenvalue weighted by Gasteiger charge is -2.01. The van der Waals surface area contributed by atoms with Gasteiger partial charge in [0.25, 0.3) is 0 Å². The SMILES string of the molecule is Nc1ccc(Cl)c(-c2nc3c(F)cccc3[nH]2)c1. The van der Waals surface area contributed by atoms with E-state index in [0.717, 1.165) is 0 Å². The maximum atomic E-state index is 13.6. The molecule has 0 bridgehead atoms. The summed E-state index contributed by atoms with van der Waals surface area (Å²) in [7, 11) is 0. The van der Waals surface area contributed by atoms with E-state index in [9.17, 15) is 4.39 Å². The van der Waals surface area contributed by atoms with Gasteiger partial charge in [0.2, 0.25) is 0 Å². The maximum absolute atomic E-state index is 13.6. The van der Waals surface area contributed by atoms with E-state index in [1.807, 2.05) is 0 Å². The molecule has 3 aromatic rings. The van der Waals surface area contributed by atoms with Crippen LogP contribution in [0.25, 0.3) is 22.4 Å². The molecule has 0 radical (unpaired) electrons. The topological polar surface area (TPSA) is 54.7 Å². The number of nitrogens with zero attached hydrogens (tertiary/aromatic N) is 1. The normalized spacial score (nSPS) is 11.0. The lowest BCUT2D eigenvalue weighted by atomic mass is 10.2. The van der Waals surface area contributed by atoms with Gasteiger partial charge in [0, 0.05) is 11.3 Å². The van der Waals surface area contributed by atoms with Crippen molar-refractivity contribution in [2.24, 2.45) is 0 Å². The smallest absolute Gasteiger partial charge is 0.151 e. The predicted molar refractivity (Wildman–Crippen MR) is 70.9 cm³/mol. The Balaban J connectivity index is 2.26. The molecule has 0 unspecified atom stereocenters. The zero-order valence-electron chi connectivity index (χ0n) is 9.24. The van der Waals surface area contributed by atoms with E-state index in [1.54, 1.807) is 30.3 Å². The fourth-order valence-electron chi connectivity index (χ4n) is 1.85. The summed E-state index contributed by atoms with van der Waals surface area (Å²) < 4.78 is 13.6. The first-order valence-corrected chi connectivity index (χ1v) is 5.72. The van der Waals surface area contributed by atoms with Gasteiger partial charge in [-0.3, -0.25) is 0 Å². The molecule has 0 amide bonds. The zero-order valence-corrected chi connectivity index (χ0v) is 10.0. The molecule has 18 heavy (non-hydrogen) atoms. The highest BCUT2D eigenvalue weighted by Gasteiger charge is 2.11. The van der Waals surface area contributed by atoms with Crippen molar-refractivity contribution in [1.82, 2.24) is 9.97 Å². The van der Waals surface area contributed by atoms with Crippen molar-refractivity contribution in [1.29, 1.82) is 0 Å². The number of aromatic amines is 1. The summed E-state index contributed by atoms with van der Waals surface area (Å²) in [6.07, 6.45) is 0. The summed E-state index contributed by atoms with van der Waals surface area (Å²) >= 11 is 6.09. The molecule has 1 heterocycles. The quantitative estimate of drug-likeness (QED) is 0.658. The minimum absolute atomic E-state index is 0.297. The minimum Gasteiger partial charge on any atom is -0.399 e. The van der Waals surface area contributed by atoms with Crippen molar-refractivity contribution < 1.29 is 4.39 Å². The summed E-state index contributed by atoms with van der Waals surface area (Å²) in [5.74, 6) is 0.141. The molecule has 0 saturated carbocycles. The first-order chi connectivity index (χ1) is 8.65. The number of aromatic nitrogens is 2. The Bertz CT molecular complexity index is 736. The molecule has 1 aromatic heterocycles. The summed E-state index contributed by atoms with van der Waals surface area (Å²) in [5.41, 5.74) is 7.88. The number of nitrogens with one attached hydrogen (secondary N) is 1. The van der Waals surface area contributed by atoms with Crippen molar-refractivity contribution in [3.05, 3.63) is 47.2 Å². The number of halogens is 2. The van der Waals surface area contributed by atoms with Crippen molar-refractivity contribution >= 4 is 28.3 Å². The molecular formula is C13H9ClFN3. The van der Waals surface area contributed by atoms with E-state index in [2.05, 4.69) is 9.97 Å². The number of nitrogen functional groups attached to an aromatic ring is 1. The molecule has 0 saturated heterocycles. The molecule has 90 valence electrons. The molecule has 5 heteroatoms. The van der Waals surface area contributed by atoms with Gasteiger partial charge in [-0.15, -0.1) is 0 Å². The van der Waals surface area contributed by atoms with Gasteiger partial charge in [0.15, 0.2) is 5.82 Å². The van der Waals surface area contributed by atoms with Crippen LogP contribution in [-0.4, -0.2) is 9.97 Å². The highest BCUT2D eigenvalue weighted by Crippen LogP contribution is 2.29. The standard InChI is InChI=1S/C13H9ClFN3/c14-9-5-4-7(16)6-8(9)13-17-11-3-1-2-10(15)12(11)18-13/h1-6H,16H2,(H,17,18). The molecule has 3 N–H and O–H groups in total. The number of anilines is 1. The van der Waals surface area contributed by atoms with Crippen LogP contribution in [0, 0.1) is 5.82 Å². The number of nitrogens with two attached hydrogens (primary N) is 1. The lowest BCUT2D eigenvalue weighted by molar-refractivity contribution is 0.637. The van der Waals surface area contributed by atoms with Gasteiger partial charge in [-0.2, -0.15) is 0 Å². The molecule has 3 rings (SSSR count). The fraction of sp³-hybridized carbons (Fsp3) is 0. The first-order valence-electron chi connectivity index (χ1n) is 5.35. The molecule has 0 aliphatic heterocycles. The lowest BCUT2D eigenvalue weighted by Crippen LogP contribution is -1.88. The van der Waals surface area contributed by atoms with Gasteiger partial charge in [-0.1, -0.05) is 17.7 Å². The third-order valence-corrected chi connectivity index (χ3v) is 3.04. The van der Waals surface area contributed by atoms with E-state index in [4.69, 9.17) is 17.3 Å². The maximum Gasteiger partial charge on any atom is 0.151 e. The highest BCUT2D eigenvalue weighted by molar-refractivity contribution is 6.33. The summed E-state index contributed by atoms with van der Waals surface area (Å²) in [5, 5.41) is 0.517. The van der Waals surface area contributed by atoms with Crippen LogP contribution in [0.5, 0.6) is 0 Å². The third kappa shape index (κ3) is 1.71. The molecule has 2 aromatic carbocycles. The average Bonchev–Trinajstić information content (AvgIpc) is 2.77. The van der Waals surface area contributed by atoms with Gasteiger partial charge < -0.3 is 10.7 Å². The molecule has 0 spiro atoms. The van der Waals surface area contributed by atoms with Gasteiger partial charge in [0.1, 0.15) is 11.3 Å². The first kappa shape index (κ1) is 11.0. The van der Waals surface area contributed by atoms with E-state index >= 15 is 0 Å². The second kappa shape index (κ2) is 3.99. The summed E-state index contributed by atoms with van der Waals surface area (Å²) in [6, 6.07) is 9.85. The van der Waals surface area contributed by atoms with Crippen LogP contribution in [0.1, 0.15) is 0 Å². The number of hydrogen-bond donors (Lipinski definition) is 2. The second-order valence-electron chi connectivity index (χ2n) is 3.96. The number of imidazole rings is 1. The number of rotatable bonds is 1. The predicted octanol–water partition coefficient (Wildman–Crippen LogP) is 3.60. The summed E-state index contributed by atoms with van der Waals surface area (Å²) in [4.78, 5) is 7.24. The molecule has 3 nitrogen and oxygen atoms in total. The van der Waals surface area contributed by atoms with E-state index in [1.165, 1.54) is 6.07 Å². The van der Waals surface area contributed by atoms with Crippen molar-refractivity contribution in [3.63, 3.8) is 0 Å². The summed E-state index contributed by atoms with van der Waals surface area (Å²) in [6.45, 7) is 0. The van der Waals surface area contributed by atoms with Crippen LogP contribution in [0.15, 0.2) is 36.4 Å². The Morgan fingerprint density at radius 3 is 2.83 bits per heavy atom. The van der Waals surface area contributed by atoms with E-state index in [-0.39, 0.29) is 5.82 Å². The van der Waals surface area contributed by atoms with Crippen molar-refractivity contribution in [2.45, 2.75) is 0 Å². The Kier molecular flexibility index (Phi) is 2.45. The van der Waals surface area contributed by atoms with Gasteiger partial charge in [-0.25, -0.2) is 9.37 Å². The number of benzene rings is 2. The van der Waals surface area contributed by atoms with Crippen molar-refractivity contribution in [3.8, 4) is 11.4 Å². The Hall–Kier alpha value is -2.07. The van der Waals surface area contributed by atoms with Crippen LogP contribution in [0.2, 0.25) is 5.02 Å². The fourth-order valence-corrected chi connectivity index (χ4v) is 2.06. The molecule has 0 fully saturated rings. The molecule has 0 aliphatic carbocycles. The average molecular weight is 262 g/mol. The zero-order chi connectivity index (χ0) is 12.7. The van der Waals surface area contributed by atoms with Crippen LogP contribution in [0.4, 0.5) is 10.1 Å². The van der Waals surface area contributed by atoms with Crippen LogP contribution >= 0.6 is 11.6 Å². The Morgan fingerprint density at radius 2 is 2.06 bits per heavy atom. The molecule has 0 aliphatic rings. The largest absolute Gasteiger partial charge is 0.399 e. The number of fused-ring (bicyclic) bond motifs is 1. The van der Waals surface area contributed by atoms with Crippen LogP contribution < -0.4 is 5.73 Å². The van der Waals surface area contributed by atoms with Crippen molar-refractivity contribution in [2.75, 3.05) is 5.73 Å². The van der Waals surface area contributed by atoms with E-state index < -0.39 is 0 Å². The van der Waals surface area contributed by atoms with Gasteiger partial charge >= 0.3 is 0 Å².